The third-order valence-electron chi connectivity index (χ3n) is 2.69. The second-order valence-corrected chi connectivity index (χ2v) is 5.13. The number of carbonyl (C=O) groups is 1. The molecule has 0 radical (unpaired) electrons. The summed E-state index contributed by atoms with van der Waals surface area (Å²) in [5.74, 6) is -0.109. The molecule has 1 heterocycles. The van der Waals surface area contributed by atoms with Crippen molar-refractivity contribution in [3.8, 4) is 0 Å². The van der Waals surface area contributed by atoms with Gasteiger partial charge >= 0.3 is 0 Å². The van der Waals surface area contributed by atoms with Gasteiger partial charge in [-0.15, -0.1) is 0 Å². The van der Waals surface area contributed by atoms with Gasteiger partial charge in [-0.3, -0.25) is 9.48 Å². The Bertz CT molecular complexity index is 610. The highest BCUT2D eigenvalue weighted by molar-refractivity contribution is 6.42. The van der Waals surface area contributed by atoms with Gasteiger partial charge in [0.2, 0.25) is 0 Å². The molecule has 0 saturated carbocycles. The second-order valence-electron chi connectivity index (χ2n) is 4.31. The fourth-order valence-electron chi connectivity index (χ4n) is 1.75. The summed E-state index contributed by atoms with van der Waals surface area (Å²) in [7, 11) is 3.57. The Morgan fingerprint density at radius 1 is 1.37 bits per heavy atom. The van der Waals surface area contributed by atoms with Crippen LogP contribution in [0, 0.1) is 0 Å². The van der Waals surface area contributed by atoms with Gasteiger partial charge in [0, 0.05) is 38.0 Å². The summed E-state index contributed by atoms with van der Waals surface area (Å²) in [5.41, 5.74) is 1.49. The van der Waals surface area contributed by atoms with E-state index in [1.54, 1.807) is 41.0 Å². The van der Waals surface area contributed by atoms with Gasteiger partial charge in [-0.25, -0.2) is 0 Å². The van der Waals surface area contributed by atoms with Gasteiger partial charge in [-0.05, 0) is 18.2 Å². The number of aryl methyl sites for hydroxylation is 1. The van der Waals surface area contributed by atoms with Crippen LogP contribution in [0.25, 0.3) is 0 Å². The smallest absolute Gasteiger partial charge is 0.253 e. The van der Waals surface area contributed by atoms with E-state index >= 15 is 0 Å². The van der Waals surface area contributed by atoms with E-state index in [4.69, 9.17) is 23.2 Å². The number of nitrogens with zero attached hydrogens (tertiary/aromatic N) is 3. The Balaban J connectivity index is 2.12. The van der Waals surface area contributed by atoms with Crippen LogP contribution in [0.5, 0.6) is 0 Å². The van der Waals surface area contributed by atoms with E-state index in [1.165, 1.54) is 0 Å². The molecule has 0 aliphatic rings. The predicted octanol–water partition coefficient (Wildman–Crippen LogP) is 3.00. The number of halogens is 2. The molecular formula is C13H13Cl2N3O. The highest BCUT2D eigenvalue weighted by Crippen LogP contribution is 2.23. The zero-order chi connectivity index (χ0) is 14.0. The minimum atomic E-state index is -0.109. The largest absolute Gasteiger partial charge is 0.337 e. The number of amides is 1. The molecule has 1 aromatic heterocycles. The normalized spacial score (nSPS) is 10.5. The lowest BCUT2D eigenvalue weighted by atomic mass is 10.2. The molecule has 0 unspecified atom stereocenters. The first-order valence-electron chi connectivity index (χ1n) is 5.65. The van der Waals surface area contributed by atoms with Crippen LogP contribution in [-0.2, 0) is 13.6 Å². The lowest BCUT2D eigenvalue weighted by Crippen LogP contribution is -2.26. The van der Waals surface area contributed by atoms with E-state index in [0.29, 0.717) is 22.2 Å². The van der Waals surface area contributed by atoms with Crippen LogP contribution in [0.3, 0.4) is 0 Å². The zero-order valence-electron chi connectivity index (χ0n) is 10.6. The van der Waals surface area contributed by atoms with E-state index in [0.717, 1.165) is 5.56 Å². The molecule has 0 saturated heterocycles. The first kappa shape index (κ1) is 13.9. The summed E-state index contributed by atoms with van der Waals surface area (Å²) in [6.45, 7) is 0.493. The average Bonchev–Trinajstić information content (AvgIpc) is 2.77. The average molecular weight is 298 g/mol. The van der Waals surface area contributed by atoms with Crippen molar-refractivity contribution >= 4 is 29.1 Å². The predicted molar refractivity (Wildman–Crippen MR) is 75.5 cm³/mol. The highest BCUT2D eigenvalue weighted by Gasteiger charge is 2.14. The molecule has 100 valence electrons. The summed E-state index contributed by atoms with van der Waals surface area (Å²) in [6, 6.07) is 4.86. The van der Waals surface area contributed by atoms with Crippen LogP contribution in [0.2, 0.25) is 10.0 Å². The quantitative estimate of drug-likeness (QED) is 0.873. The van der Waals surface area contributed by atoms with Crippen LogP contribution in [0.1, 0.15) is 15.9 Å². The second kappa shape index (κ2) is 5.63. The number of hydrogen-bond donors (Lipinski definition) is 0. The van der Waals surface area contributed by atoms with Crippen molar-refractivity contribution in [2.75, 3.05) is 7.05 Å². The monoisotopic (exact) mass is 297 g/mol. The van der Waals surface area contributed by atoms with Gasteiger partial charge in [0.15, 0.2) is 0 Å². The lowest BCUT2D eigenvalue weighted by Gasteiger charge is -2.16. The molecule has 0 N–H and O–H groups in total. The molecule has 4 nitrogen and oxygen atoms in total. The third-order valence-corrected chi connectivity index (χ3v) is 3.43. The molecule has 0 bridgehead atoms. The fraction of sp³-hybridized carbons (Fsp3) is 0.231. The summed E-state index contributed by atoms with van der Waals surface area (Å²) in [4.78, 5) is 13.8. The maximum atomic E-state index is 12.2. The maximum Gasteiger partial charge on any atom is 0.253 e. The Kier molecular flexibility index (Phi) is 4.12. The van der Waals surface area contributed by atoms with E-state index in [2.05, 4.69) is 5.10 Å². The number of carbonyl (C=O) groups excluding carboxylic acids is 1. The fourth-order valence-corrected chi connectivity index (χ4v) is 2.05. The summed E-state index contributed by atoms with van der Waals surface area (Å²) >= 11 is 11.7. The maximum absolute atomic E-state index is 12.2. The van der Waals surface area contributed by atoms with Gasteiger partial charge in [-0.1, -0.05) is 23.2 Å². The standard InChI is InChI=1S/C13H13Cl2N3O/c1-17(7-9-6-16-18(2)8-9)13(19)10-3-4-11(14)12(15)5-10/h3-6,8H,7H2,1-2H3. The van der Waals surface area contributed by atoms with Gasteiger partial charge in [0.1, 0.15) is 0 Å². The zero-order valence-corrected chi connectivity index (χ0v) is 12.1. The van der Waals surface area contributed by atoms with Crippen LogP contribution in [0.4, 0.5) is 0 Å². The molecule has 0 aliphatic heterocycles. The number of rotatable bonds is 3. The topological polar surface area (TPSA) is 38.1 Å². The van der Waals surface area contributed by atoms with E-state index < -0.39 is 0 Å². The number of benzene rings is 1. The van der Waals surface area contributed by atoms with Crippen molar-refractivity contribution in [1.82, 2.24) is 14.7 Å². The molecule has 6 heteroatoms. The molecule has 0 fully saturated rings. The number of hydrogen-bond acceptors (Lipinski definition) is 2. The van der Waals surface area contributed by atoms with Gasteiger partial charge in [0.25, 0.3) is 5.91 Å². The first-order valence-corrected chi connectivity index (χ1v) is 6.41. The van der Waals surface area contributed by atoms with Crippen molar-refractivity contribution < 1.29 is 4.79 Å². The molecule has 2 rings (SSSR count). The number of aromatic nitrogens is 2. The van der Waals surface area contributed by atoms with E-state index in [1.807, 2.05) is 13.2 Å². The Morgan fingerprint density at radius 2 is 2.11 bits per heavy atom. The Labute approximate surface area is 121 Å². The molecule has 0 aliphatic carbocycles. The summed E-state index contributed by atoms with van der Waals surface area (Å²) in [6.07, 6.45) is 3.61. The third kappa shape index (κ3) is 3.28. The summed E-state index contributed by atoms with van der Waals surface area (Å²) < 4.78 is 1.70. The molecule has 0 spiro atoms. The SMILES string of the molecule is CN(Cc1cnn(C)c1)C(=O)c1ccc(Cl)c(Cl)c1. The van der Waals surface area contributed by atoms with Crippen molar-refractivity contribution in [3.05, 3.63) is 51.8 Å². The Morgan fingerprint density at radius 3 is 2.68 bits per heavy atom. The Hall–Kier alpha value is -1.52. The first-order chi connectivity index (χ1) is 8.97. The van der Waals surface area contributed by atoms with Crippen LogP contribution in [-0.4, -0.2) is 27.6 Å². The van der Waals surface area contributed by atoms with Crippen LogP contribution < -0.4 is 0 Å². The lowest BCUT2D eigenvalue weighted by molar-refractivity contribution is 0.0785. The van der Waals surface area contributed by atoms with E-state index in [-0.39, 0.29) is 5.91 Å². The van der Waals surface area contributed by atoms with Crippen molar-refractivity contribution in [1.29, 1.82) is 0 Å². The molecule has 19 heavy (non-hydrogen) atoms. The summed E-state index contributed by atoms with van der Waals surface area (Å²) in [5, 5.41) is 4.88. The molecule has 0 atom stereocenters. The van der Waals surface area contributed by atoms with Crippen LogP contribution >= 0.6 is 23.2 Å². The molecule has 1 aromatic carbocycles. The van der Waals surface area contributed by atoms with Crippen molar-refractivity contribution in [2.24, 2.45) is 7.05 Å². The van der Waals surface area contributed by atoms with E-state index in [9.17, 15) is 4.79 Å². The highest BCUT2D eigenvalue weighted by atomic mass is 35.5. The van der Waals surface area contributed by atoms with Gasteiger partial charge < -0.3 is 4.90 Å². The molecule has 1 amide bonds. The van der Waals surface area contributed by atoms with Gasteiger partial charge in [0.05, 0.1) is 16.2 Å². The molecular weight excluding hydrogens is 285 g/mol. The minimum Gasteiger partial charge on any atom is -0.337 e. The van der Waals surface area contributed by atoms with Crippen molar-refractivity contribution in [3.63, 3.8) is 0 Å². The minimum absolute atomic E-state index is 0.109. The molecule has 2 aromatic rings. The van der Waals surface area contributed by atoms with Gasteiger partial charge in [-0.2, -0.15) is 5.10 Å². The van der Waals surface area contributed by atoms with Crippen molar-refractivity contribution in [2.45, 2.75) is 6.54 Å². The van der Waals surface area contributed by atoms with Crippen LogP contribution in [0.15, 0.2) is 30.6 Å².